The maximum Gasteiger partial charge on any atom is 0.251 e. The number of nitrogens with zero attached hydrogens (tertiary/aromatic N) is 3. The molecule has 1 atom stereocenters. The van der Waals surface area contributed by atoms with Gasteiger partial charge in [0.2, 0.25) is 0 Å². The minimum Gasteiger partial charge on any atom is -0.378 e. The lowest BCUT2D eigenvalue weighted by atomic mass is 9.92. The maximum absolute atomic E-state index is 11.5. The van der Waals surface area contributed by atoms with Crippen LogP contribution in [-0.4, -0.2) is 39.7 Å². The summed E-state index contributed by atoms with van der Waals surface area (Å²) in [4.78, 5) is 22.7. The highest BCUT2D eigenvalue weighted by atomic mass is 16.3. The number of piperidine rings is 1. The maximum atomic E-state index is 11.5. The number of carbonyl (C=O) groups excluding carboxylic acids is 1. The molecule has 3 N–H and O–H groups in total. The van der Waals surface area contributed by atoms with Crippen LogP contribution in [0.4, 0.5) is 5.82 Å². The largest absolute Gasteiger partial charge is 0.378 e. The van der Waals surface area contributed by atoms with Crippen LogP contribution in [0.5, 0.6) is 0 Å². The quantitative estimate of drug-likeness (QED) is 0.880. The van der Waals surface area contributed by atoms with E-state index in [1.54, 1.807) is 0 Å². The molecule has 1 aromatic rings. The van der Waals surface area contributed by atoms with E-state index in [1.807, 2.05) is 11.0 Å². The van der Waals surface area contributed by atoms with E-state index >= 15 is 0 Å². The monoisotopic (exact) mass is 306 g/mol. The van der Waals surface area contributed by atoms with Crippen molar-refractivity contribution in [2.24, 2.45) is 5.73 Å². The highest BCUT2D eigenvalue weighted by Crippen LogP contribution is 2.27. The van der Waals surface area contributed by atoms with Crippen LogP contribution in [0.3, 0.4) is 0 Å². The molecule has 1 aromatic heterocycles. The van der Waals surface area contributed by atoms with Crippen molar-refractivity contribution in [3.05, 3.63) is 17.6 Å². The molecule has 0 unspecified atom stereocenters. The first-order chi connectivity index (χ1) is 10.2. The summed E-state index contributed by atoms with van der Waals surface area (Å²) in [6.45, 7) is 9.23. The molecule has 0 aromatic carbocycles. The third-order valence-corrected chi connectivity index (χ3v) is 4.11. The van der Waals surface area contributed by atoms with E-state index in [9.17, 15) is 9.90 Å². The molecule has 1 amide bonds. The SMILES string of the molecule is CC(C)c1cc(N2CCC[C@@](O)(C(N)=O)C2)nc(C(C)C)n1. The van der Waals surface area contributed by atoms with Gasteiger partial charge in [-0.1, -0.05) is 27.7 Å². The van der Waals surface area contributed by atoms with Gasteiger partial charge in [-0.15, -0.1) is 0 Å². The van der Waals surface area contributed by atoms with Gasteiger partial charge in [0.15, 0.2) is 5.60 Å². The van der Waals surface area contributed by atoms with Crippen LogP contribution in [0.1, 0.15) is 63.9 Å². The molecule has 6 nitrogen and oxygen atoms in total. The number of anilines is 1. The summed E-state index contributed by atoms with van der Waals surface area (Å²) in [5.41, 5.74) is 4.85. The number of aromatic nitrogens is 2. The van der Waals surface area contributed by atoms with Crippen LogP contribution in [0, 0.1) is 0 Å². The molecule has 1 aliphatic heterocycles. The Morgan fingerprint density at radius 3 is 2.55 bits per heavy atom. The predicted octanol–water partition coefficient (Wildman–Crippen LogP) is 1.54. The summed E-state index contributed by atoms with van der Waals surface area (Å²) in [5, 5.41) is 10.4. The molecule has 1 fully saturated rings. The number of hydrogen-bond donors (Lipinski definition) is 2. The Morgan fingerprint density at radius 2 is 2.00 bits per heavy atom. The standard InChI is InChI=1S/C16H26N4O2/c1-10(2)12-8-13(19-14(18-12)11(3)4)20-7-5-6-16(22,9-20)15(17)21/h8,10-11,22H,5-7,9H2,1-4H3,(H2,17,21)/t16-/m0/s1. The molecule has 1 saturated heterocycles. The van der Waals surface area contributed by atoms with Crippen LogP contribution in [-0.2, 0) is 4.79 Å². The van der Waals surface area contributed by atoms with Gasteiger partial charge >= 0.3 is 0 Å². The molecule has 2 rings (SSSR count). The second-order valence-electron chi connectivity index (χ2n) is 6.74. The molecule has 0 saturated carbocycles. The van der Waals surface area contributed by atoms with Gasteiger partial charge in [0.1, 0.15) is 11.6 Å². The zero-order valence-electron chi connectivity index (χ0n) is 13.8. The van der Waals surface area contributed by atoms with Gasteiger partial charge in [-0.05, 0) is 18.8 Å². The van der Waals surface area contributed by atoms with Crippen molar-refractivity contribution in [2.45, 2.75) is 58.0 Å². The van der Waals surface area contributed by atoms with Gasteiger partial charge in [0, 0.05) is 24.2 Å². The first-order valence-corrected chi connectivity index (χ1v) is 7.89. The first kappa shape index (κ1) is 16.7. The molecule has 2 heterocycles. The van der Waals surface area contributed by atoms with Crippen molar-refractivity contribution in [2.75, 3.05) is 18.0 Å². The van der Waals surface area contributed by atoms with Gasteiger partial charge < -0.3 is 15.7 Å². The zero-order chi connectivity index (χ0) is 16.5. The number of hydrogen-bond acceptors (Lipinski definition) is 5. The van der Waals surface area contributed by atoms with E-state index in [4.69, 9.17) is 5.73 Å². The van der Waals surface area contributed by atoms with Crippen molar-refractivity contribution in [3.63, 3.8) is 0 Å². The first-order valence-electron chi connectivity index (χ1n) is 7.89. The van der Waals surface area contributed by atoms with Gasteiger partial charge in [0.25, 0.3) is 5.91 Å². The third-order valence-electron chi connectivity index (χ3n) is 4.11. The van der Waals surface area contributed by atoms with Crippen LogP contribution < -0.4 is 10.6 Å². The number of β-amino-alcohol motifs (C(OH)–C–C–N with tert-alkyl or cyclic N) is 1. The van der Waals surface area contributed by atoms with Crippen molar-refractivity contribution in [1.29, 1.82) is 0 Å². The number of rotatable bonds is 4. The Morgan fingerprint density at radius 1 is 1.32 bits per heavy atom. The summed E-state index contributed by atoms with van der Waals surface area (Å²) in [6, 6.07) is 1.95. The molecule has 0 radical (unpaired) electrons. The second-order valence-corrected chi connectivity index (χ2v) is 6.74. The van der Waals surface area contributed by atoms with Crippen LogP contribution in [0.25, 0.3) is 0 Å². The highest BCUT2D eigenvalue weighted by molar-refractivity contribution is 5.84. The number of amides is 1. The summed E-state index contributed by atoms with van der Waals surface area (Å²) >= 11 is 0. The second kappa shape index (κ2) is 6.20. The van der Waals surface area contributed by atoms with Gasteiger partial charge in [-0.2, -0.15) is 0 Å². The summed E-state index contributed by atoms with van der Waals surface area (Å²) in [6.07, 6.45) is 1.11. The topological polar surface area (TPSA) is 92.3 Å². The molecular formula is C16H26N4O2. The predicted molar refractivity (Wildman–Crippen MR) is 85.8 cm³/mol. The zero-order valence-corrected chi connectivity index (χ0v) is 13.8. The Bertz CT molecular complexity index is 533. The normalized spacial score (nSPS) is 22.4. The fraction of sp³-hybridized carbons (Fsp3) is 0.688. The highest BCUT2D eigenvalue weighted by Gasteiger charge is 2.39. The molecule has 22 heavy (non-hydrogen) atoms. The van der Waals surface area contributed by atoms with E-state index in [2.05, 4.69) is 37.7 Å². The Kier molecular flexibility index (Phi) is 4.70. The Balaban J connectivity index is 2.36. The summed E-state index contributed by atoms with van der Waals surface area (Å²) < 4.78 is 0. The molecule has 0 spiro atoms. The van der Waals surface area contributed by atoms with Gasteiger partial charge in [0.05, 0.1) is 6.54 Å². The Labute approximate surface area is 131 Å². The van der Waals surface area contributed by atoms with Crippen molar-refractivity contribution >= 4 is 11.7 Å². The molecule has 1 aliphatic rings. The lowest BCUT2D eigenvalue weighted by molar-refractivity contribution is -0.137. The third kappa shape index (κ3) is 3.38. The van der Waals surface area contributed by atoms with E-state index in [1.165, 1.54) is 0 Å². The van der Waals surface area contributed by atoms with E-state index in [0.717, 1.165) is 23.9 Å². The van der Waals surface area contributed by atoms with Crippen molar-refractivity contribution in [3.8, 4) is 0 Å². The fourth-order valence-corrected chi connectivity index (χ4v) is 2.62. The smallest absolute Gasteiger partial charge is 0.251 e. The minimum absolute atomic E-state index is 0.189. The average molecular weight is 306 g/mol. The Hall–Kier alpha value is -1.69. The van der Waals surface area contributed by atoms with Crippen molar-refractivity contribution in [1.82, 2.24) is 9.97 Å². The number of primary amides is 1. The van der Waals surface area contributed by atoms with E-state index in [-0.39, 0.29) is 12.5 Å². The van der Waals surface area contributed by atoms with Crippen LogP contribution in [0.2, 0.25) is 0 Å². The lowest BCUT2D eigenvalue weighted by Crippen LogP contribution is -2.56. The van der Waals surface area contributed by atoms with E-state index in [0.29, 0.717) is 18.8 Å². The summed E-state index contributed by atoms with van der Waals surface area (Å²) in [7, 11) is 0. The van der Waals surface area contributed by atoms with Gasteiger partial charge in [-0.3, -0.25) is 4.79 Å². The minimum atomic E-state index is -1.47. The van der Waals surface area contributed by atoms with Gasteiger partial charge in [-0.25, -0.2) is 9.97 Å². The molecule has 0 aliphatic carbocycles. The number of nitrogens with two attached hydrogens (primary N) is 1. The number of carbonyl (C=O) groups is 1. The molecule has 6 heteroatoms. The fourth-order valence-electron chi connectivity index (χ4n) is 2.62. The number of aliphatic hydroxyl groups is 1. The summed E-state index contributed by atoms with van der Waals surface area (Å²) in [5.74, 6) is 1.40. The van der Waals surface area contributed by atoms with Crippen molar-refractivity contribution < 1.29 is 9.90 Å². The molecule has 122 valence electrons. The lowest BCUT2D eigenvalue weighted by Gasteiger charge is -2.38. The molecular weight excluding hydrogens is 280 g/mol. The average Bonchev–Trinajstić information content (AvgIpc) is 2.46. The van der Waals surface area contributed by atoms with Crippen LogP contribution >= 0.6 is 0 Å². The van der Waals surface area contributed by atoms with Crippen LogP contribution in [0.15, 0.2) is 6.07 Å². The van der Waals surface area contributed by atoms with E-state index < -0.39 is 11.5 Å². The molecule has 0 bridgehead atoms.